The summed E-state index contributed by atoms with van der Waals surface area (Å²) in [4.78, 5) is 12.9. The standard InChI is InChI=1S/C16H16FNO/c1-18(11-10-13-6-3-2-4-7-13)16-9-5-8-15(17)14(16)12-19/h2-9,12H,10-11H2,1H3. The monoisotopic (exact) mass is 257 g/mol. The quantitative estimate of drug-likeness (QED) is 0.766. The van der Waals surface area contributed by atoms with Gasteiger partial charge in [-0.15, -0.1) is 0 Å². The Bertz CT molecular complexity index is 554. The van der Waals surface area contributed by atoms with Crippen LogP contribution in [0.2, 0.25) is 0 Å². The fraction of sp³-hybridized carbons (Fsp3) is 0.188. The van der Waals surface area contributed by atoms with Crippen molar-refractivity contribution in [2.24, 2.45) is 0 Å². The molecular weight excluding hydrogens is 241 g/mol. The van der Waals surface area contributed by atoms with Crippen molar-refractivity contribution in [1.29, 1.82) is 0 Å². The van der Waals surface area contributed by atoms with E-state index in [1.54, 1.807) is 12.1 Å². The van der Waals surface area contributed by atoms with Crippen molar-refractivity contribution in [3.8, 4) is 0 Å². The van der Waals surface area contributed by atoms with Gasteiger partial charge in [-0.25, -0.2) is 4.39 Å². The number of anilines is 1. The van der Waals surface area contributed by atoms with Crippen LogP contribution in [-0.2, 0) is 6.42 Å². The number of carbonyl (C=O) groups is 1. The lowest BCUT2D eigenvalue weighted by Crippen LogP contribution is -2.22. The molecule has 0 fully saturated rings. The molecule has 0 saturated heterocycles. The summed E-state index contributed by atoms with van der Waals surface area (Å²) in [6.07, 6.45) is 1.43. The Morgan fingerprint density at radius 3 is 2.53 bits per heavy atom. The summed E-state index contributed by atoms with van der Waals surface area (Å²) in [5, 5.41) is 0. The molecule has 19 heavy (non-hydrogen) atoms. The van der Waals surface area contributed by atoms with Gasteiger partial charge in [-0.3, -0.25) is 4.79 Å². The molecule has 3 heteroatoms. The number of halogens is 1. The molecule has 0 aromatic heterocycles. The SMILES string of the molecule is CN(CCc1ccccc1)c1cccc(F)c1C=O. The van der Waals surface area contributed by atoms with Gasteiger partial charge in [0.1, 0.15) is 5.82 Å². The van der Waals surface area contributed by atoms with E-state index in [9.17, 15) is 9.18 Å². The van der Waals surface area contributed by atoms with E-state index in [1.807, 2.05) is 30.1 Å². The summed E-state index contributed by atoms with van der Waals surface area (Å²) >= 11 is 0. The van der Waals surface area contributed by atoms with Crippen LogP contribution >= 0.6 is 0 Å². The lowest BCUT2D eigenvalue weighted by molar-refractivity contribution is 0.112. The second-order valence-electron chi connectivity index (χ2n) is 4.45. The minimum absolute atomic E-state index is 0.123. The number of hydrogen-bond acceptors (Lipinski definition) is 2. The Morgan fingerprint density at radius 1 is 1.11 bits per heavy atom. The third-order valence-corrected chi connectivity index (χ3v) is 3.14. The van der Waals surface area contributed by atoms with Crippen molar-refractivity contribution in [3.05, 3.63) is 65.5 Å². The molecule has 98 valence electrons. The summed E-state index contributed by atoms with van der Waals surface area (Å²) in [7, 11) is 1.87. The normalized spacial score (nSPS) is 10.2. The number of likely N-dealkylation sites (N-methyl/N-ethyl adjacent to an activating group) is 1. The fourth-order valence-electron chi connectivity index (χ4n) is 2.04. The summed E-state index contributed by atoms with van der Waals surface area (Å²) < 4.78 is 13.5. The zero-order valence-corrected chi connectivity index (χ0v) is 10.8. The van der Waals surface area contributed by atoms with Crippen LogP contribution < -0.4 is 4.90 Å². The van der Waals surface area contributed by atoms with Crippen LogP contribution in [0, 0.1) is 5.82 Å². The van der Waals surface area contributed by atoms with Gasteiger partial charge in [0.25, 0.3) is 0 Å². The molecule has 0 N–H and O–H groups in total. The Kier molecular flexibility index (Phi) is 4.29. The topological polar surface area (TPSA) is 20.3 Å². The van der Waals surface area contributed by atoms with E-state index >= 15 is 0 Å². The summed E-state index contributed by atoms with van der Waals surface area (Å²) in [6, 6.07) is 14.8. The van der Waals surface area contributed by atoms with Crippen LogP contribution in [0.15, 0.2) is 48.5 Å². The van der Waals surface area contributed by atoms with Gasteiger partial charge in [0, 0.05) is 19.3 Å². The number of carbonyl (C=O) groups excluding carboxylic acids is 1. The predicted octanol–water partition coefficient (Wildman–Crippen LogP) is 3.32. The molecular formula is C16H16FNO. The number of rotatable bonds is 5. The Morgan fingerprint density at radius 2 is 1.84 bits per heavy atom. The highest BCUT2D eigenvalue weighted by Crippen LogP contribution is 2.20. The van der Waals surface area contributed by atoms with Crippen molar-refractivity contribution in [2.45, 2.75) is 6.42 Å². The molecule has 0 radical (unpaired) electrons. The molecule has 0 heterocycles. The first-order chi connectivity index (χ1) is 9.22. The van der Waals surface area contributed by atoms with Crippen molar-refractivity contribution >= 4 is 12.0 Å². The van der Waals surface area contributed by atoms with Gasteiger partial charge in [-0.05, 0) is 24.1 Å². The number of aldehydes is 1. The van der Waals surface area contributed by atoms with E-state index in [-0.39, 0.29) is 5.56 Å². The van der Waals surface area contributed by atoms with E-state index in [0.29, 0.717) is 12.0 Å². The number of hydrogen-bond donors (Lipinski definition) is 0. The maximum absolute atomic E-state index is 13.5. The van der Waals surface area contributed by atoms with Gasteiger partial charge in [0.05, 0.1) is 5.56 Å². The highest BCUT2D eigenvalue weighted by molar-refractivity contribution is 5.84. The molecule has 0 amide bonds. The first-order valence-electron chi connectivity index (χ1n) is 6.21. The molecule has 2 aromatic carbocycles. The van der Waals surface area contributed by atoms with E-state index in [1.165, 1.54) is 11.6 Å². The Balaban J connectivity index is 2.10. The maximum Gasteiger partial charge on any atom is 0.155 e. The molecule has 2 rings (SSSR count). The predicted molar refractivity (Wildman–Crippen MR) is 75.2 cm³/mol. The van der Waals surface area contributed by atoms with Gasteiger partial charge in [-0.1, -0.05) is 36.4 Å². The van der Waals surface area contributed by atoms with E-state index in [0.717, 1.165) is 13.0 Å². The van der Waals surface area contributed by atoms with Crippen LogP contribution in [0.4, 0.5) is 10.1 Å². The molecule has 0 saturated carbocycles. The molecule has 0 aliphatic heterocycles. The van der Waals surface area contributed by atoms with Crippen molar-refractivity contribution in [3.63, 3.8) is 0 Å². The lowest BCUT2D eigenvalue weighted by atomic mass is 10.1. The van der Waals surface area contributed by atoms with Gasteiger partial charge in [0.2, 0.25) is 0 Å². The van der Waals surface area contributed by atoms with Crippen molar-refractivity contribution in [2.75, 3.05) is 18.5 Å². The minimum Gasteiger partial charge on any atom is -0.374 e. The van der Waals surface area contributed by atoms with Crippen LogP contribution in [0.3, 0.4) is 0 Å². The molecule has 2 nitrogen and oxygen atoms in total. The Hall–Kier alpha value is -2.16. The van der Waals surface area contributed by atoms with E-state index < -0.39 is 5.82 Å². The third kappa shape index (κ3) is 3.19. The first kappa shape index (κ1) is 13.3. The van der Waals surface area contributed by atoms with E-state index in [2.05, 4.69) is 12.1 Å². The highest BCUT2D eigenvalue weighted by Gasteiger charge is 2.10. The molecule has 0 aliphatic carbocycles. The van der Waals surface area contributed by atoms with Gasteiger partial charge >= 0.3 is 0 Å². The van der Waals surface area contributed by atoms with Crippen LogP contribution in [-0.4, -0.2) is 19.9 Å². The Labute approximate surface area is 112 Å². The second kappa shape index (κ2) is 6.14. The third-order valence-electron chi connectivity index (χ3n) is 3.14. The number of benzene rings is 2. The molecule has 0 spiro atoms. The summed E-state index contributed by atoms with van der Waals surface area (Å²) in [6.45, 7) is 0.730. The molecule has 0 unspecified atom stereocenters. The molecule has 2 aromatic rings. The van der Waals surface area contributed by atoms with Gasteiger partial charge in [0.15, 0.2) is 6.29 Å². The maximum atomic E-state index is 13.5. The lowest BCUT2D eigenvalue weighted by Gasteiger charge is -2.21. The summed E-state index contributed by atoms with van der Waals surface area (Å²) in [5.74, 6) is -0.473. The van der Waals surface area contributed by atoms with Gasteiger partial charge in [-0.2, -0.15) is 0 Å². The first-order valence-corrected chi connectivity index (χ1v) is 6.21. The van der Waals surface area contributed by atoms with Crippen LogP contribution in [0.5, 0.6) is 0 Å². The zero-order valence-electron chi connectivity index (χ0n) is 10.8. The van der Waals surface area contributed by atoms with Crippen molar-refractivity contribution < 1.29 is 9.18 Å². The highest BCUT2D eigenvalue weighted by atomic mass is 19.1. The van der Waals surface area contributed by atoms with Gasteiger partial charge < -0.3 is 4.90 Å². The number of nitrogens with zero attached hydrogens (tertiary/aromatic N) is 1. The average Bonchev–Trinajstić information content (AvgIpc) is 2.45. The van der Waals surface area contributed by atoms with E-state index in [4.69, 9.17) is 0 Å². The largest absolute Gasteiger partial charge is 0.374 e. The van der Waals surface area contributed by atoms with Crippen molar-refractivity contribution in [1.82, 2.24) is 0 Å². The minimum atomic E-state index is -0.473. The fourth-order valence-corrected chi connectivity index (χ4v) is 2.04. The molecule has 0 atom stereocenters. The second-order valence-corrected chi connectivity index (χ2v) is 4.45. The smallest absolute Gasteiger partial charge is 0.155 e. The van der Waals surface area contributed by atoms with Crippen LogP contribution in [0.25, 0.3) is 0 Å². The summed E-state index contributed by atoms with van der Waals surface area (Å²) in [5.41, 5.74) is 1.97. The van der Waals surface area contributed by atoms with Crippen LogP contribution in [0.1, 0.15) is 15.9 Å². The zero-order chi connectivity index (χ0) is 13.7. The molecule has 0 aliphatic rings. The molecule has 0 bridgehead atoms. The average molecular weight is 257 g/mol.